The molecule has 0 spiro atoms. The third kappa shape index (κ3) is 5.24. The summed E-state index contributed by atoms with van der Waals surface area (Å²) in [4.78, 5) is 24.2. The Kier molecular flexibility index (Phi) is 6.35. The van der Waals surface area contributed by atoms with Gasteiger partial charge in [0.2, 0.25) is 0 Å². The van der Waals surface area contributed by atoms with E-state index in [9.17, 15) is 18.0 Å². The van der Waals surface area contributed by atoms with Crippen LogP contribution < -0.4 is 15.4 Å². The van der Waals surface area contributed by atoms with Gasteiger partial charge >= 0.3 is 0 Å². The average molecular weight is 434 g/mol. The van der Waals surface area contributed by atoms with E-state index < -0.39 is 21.8 Å². The van der Waals surface area contributed by atoms with E-state index in [1.165, 1.54) is 23.8 Å². The number of rotatable bonds is 8. The van der Waals surface area contributed by atoms with Crippen molar-refractivity contribution in [1.29, 1.82) is 0 Å². The maximum atomic E-state index is 12.7. The number of aryl methyl sites for hydroxylation is 1. The summed E-state index contributed by atoms with van der Waals surface area (Å²) >= 11 is 1.03. The van der Waals surface area contributed by atoms with Crippen LogP contribution in [0.3, 0.4) is 0 Å². The van der Waals surface area contributed by atoms with Crippen molar-refractivity contribution in [3.63, 3.8) is 0 Å². The molecule has 0 aliphatic carbocycles. The molecular formula is C19H19N3O5S2. The van der Waals surface area contributed by atoms with Crippen LogP contribution >= 0.6 is 11.3 Å². The summed E-state index contributed by atoms with van der Waals surface area (Å²) in [6, 6.07) is 11.4. The molecule has 0 aliphatic rings. The SMILES string of the molecule is Cc1ccc(NS(=O)(=O)c2ccsc2C(=O)NCCNC(=O)c2ccco2)cc1. The zero-order valence-electron chi connectivity index (χ0n) is 15.5. The molecule has 3 aromatic rings. The molecule has 2 aromatic heterocycles. The molecule has 3 rings (SSSR count). The van der Waals surface area contributed by atoms with Gasteiger partial charge in [0.05, 0.1) is 6.26 Å². The molecule has 0 fully saturated rings. The van der Waals surface area contributed by atoms with Crippen molar-refractivity contribution in [2.75, 3.05) is 17.8 Å². The Morgan fingerprint density at radius 2 is 1.69 bits per heavy atom. The zero-order chi connectivity index (χ0) is 20.9. The molecule has 2 heterocycles. The molecule has 10 heteroatoms. The fraction of sp³-hybridized carbons (Fsp3) is 0.158. The number of hydrogen-bond acceptors (Lipinski definition) is 6. The van der Waals surface area contributed by atoms with Gasteiger partial charge in [-0.1, -0.05) is 17.7 Å². The van der Waals surface area contributed by atoms with Gasteiger partial charge < -0.3 is 15.1 Å². The molecule has 0 saturated carbocycles. The highest BCUT2D eigenvalue weighted by atomic mass is 32.2. The predicted octanol–water partition coefficient (Wildman–Crippen LogP) is 2.61. The third-order valence-electron chi connectivity index (χ3n) is 3.87. The second kappa shape index (κ2) is 8.93. The normalized spacial score (nSPS) is 11.1. The first-order valence-corrected chi connectivity index (χ1v) is 11.0. The molecule has 29 heavy (non-hydrogen) atoms. The molecule has 0 unspecified atom stereocenters. The first kappa shape index (κ1) is 20.6. The maximum absolute atomic E-state index is 12.7. The molecule has 2 amide bonds. The Hall–Kier alpha value is -3.11. The largest absolute Gasteiger partial charge is 0.459 e. The number of carbonyl (C=O) groups excluding carboxylic acids is 2. The number of amides is 2. The number of hydrogen-bond donors (Lipinski definition) is 3. The Morgan fingerprint density at radius 3 is 2.34 bits per heavy atom. The summed E-state index contributed by atoms with van der Waals surface area (Å²) in [7, 11) is -3.91. The van der Waals surface area contributed by atoms with Gasteiger partial charge in [0, 0.05) is 18.8 Å². The first-order valence-electron chi connectivity index (χ1n) is 8.64. The van der Waals surface area contributed by atoms with Crippen molar-refractivity contribution in [3.8, 4) is 0 Å². The van der Waals surface area contributed by atoms with E-state index in [1.807, 2.05) is 6.92 Å². The van der Waals surface area contributed by atoms with Crippen LogP contribution in [0.25, 0.3) is 0 Å². The van der Waals surface area contributed by atoms with Gasteiger partial charge in [0.1, 0.15) is 9.77 Å². The van der Waals surface area contributed by atoms with E-state index in [0.717, 1.165) is 16.9 Å². The van der Waals surface area contributed by atoms with Gasteiger partial charge in [-0.05, 0) is 42.6 Å². The lowest BCUT2D eigenvalue weighted by molar-refractivity contribution is 0.0911. The zero-order valence-corrected chi connectivity index (χ0v) is 17.1. The molecule has 0 radical (unpaired) electrons. The highest BCUT2D eigenvalue weighted by Gasteiger charge is 2.24. The van der Waals surface area contributed by atoms with E-state index in [-0.39, 0.29) is 28.6 Å². The Morgan fingerprint density at radius 1 is 1.00 bits per heavy atom. The molecule has 8 nitrogen and oxygen atoms in total. The summed E-state index contributed by atoms with van der Waals surface area (Å²) < 4.78 is 32.8. The van der Waals surface area contributed by atoms with Crippen molar-refractivity contribution in [2.45, 2.75) is 11.8 Å². The number of benzene rings is 1. The highest BCUT2D eigenvalue weighted by molar-refractivity contribution is 7.93. The second-order valence-electron chi connectivity index (χ2n) is 6.07. The quantitative estimate of drug-likeness (QED) is 0.472. The Balaban J connectivity index is 1.59. The minimum absolute atomic E-state index is 0.0713. The van der Waals surface area contributed by atoms with Gasteiger partial charge in [-0.2, -0.15) is 0 Å². The van der Waals surface area contributed by atoms with Gasteiger partial charge in [-0.3, -0.25) is 14.3 Å². The molecule has 1 aromatic carbocycles. The van der Waals surface area contributed by atoms with Crippen LogP contribution in [-0.2, 0) is 10.0 Å². The highest BCUT2D eigenvalue weighted by Crippen LogP contribution is 2.24. The van der Waals surface area contributed by atoms with Crippen molar-refractivity contribution >= 4 is 38.9 Å². The molecule has 0 bridgehead atoms. The van der Waals surface area contributed by atoms with Crippen molar-refractivity contribution in [3.05, 3.63) is 70.3 Å². The van der Waals surface area contributed by atoms with Crippen LogP contribution in [0, 0.1) is 6.92 Å². The number of carbonyl (C=O) groups is 2. The van der Waals surface area contributed by atoms with Gasteiger partial charge in [-0.25, -0.2) is 8.42 Å². The molecule has 0 atom stereocenters. The molecule has 152 valence electrons. The van der Waals surface area contributed by atoms with Crippen molar-refractivity contribution < 1.29 is 22.4 Å². The summed E-state index contributed by atoms with van der Waals surface area (Å²) in [6.07, 6.45) is 1.39. The summed E-state index contributed by atoms with van der Waals surface area (Å²) in [5.41, 5.74) is 1.41. The Bertz CT molecular complexity index is 1090. The van der Waals surface area contributed by atoms with Gasteiger partial charge in [-0.15, -0.1) is 11.3 Å². The molecular weight excluding hydrogens is 414 g/mol. The smallest absolute Gasteiger partial charge is 0.287 e. The molecule has 0 aliphatic heterocycles. The minimum Gasteiger partial charge on any atom is -0.459 e. The summed E-state index contributed by atoms with van der Waals surface area (Å²) in [5, 5.41) is 6.74. The van der Waals surface area contributed by atoms with Crippen LogP contribution in [0.15, 0.2) is 63.4 Å². The number of thiophene rings is 1. The fourth-order valence-corrected chi connectivity index (χ4v) is 4.84. The predicted molar refractivity (Wildman–Crippen MR) is 110 cm³/mol. The van der Waals surface area contributed by atoms with Crippen LogP contribution in [0.4, 0.5) is 5.69 Å². The maximum Gasteiger partial charge on any atom is 0.287 e. The van der Waals surface area contributed by atoms with Crippen molar-refractivity contribution in [1.82, 2.24) is 10.6 Å². The average Bonchev–Trinajstić information content (AvgIpc) is 3.38. The summed E-state index contributed by atoms with van der Waals surface area (Å²) in [5.74, 6) is -0.757. The van der Waals surface area contributed by atoms with E-state index >= 15 is 0 Å². The number of sulfonamides is 1. The van der Waals surface area contributed by atoms with E-state index in [4.69, 9.17) is 4.42 Å². The standard InChI is InChI=1S/C19H19N3O5S2/c1-13-4-6-14(7-5-13)22-29(25,26)16-8-12-28-17(16)19(24)21-10-9-20-18(23)15-3-2-11-27-15/h2-8,11-12,22H,9-10H2,1H3,(H,20,23)(H,21,24). The monoisotopic (exact) mass is 433 g/mol. The fourth-order valence-electron chi connectivity index (χ4n) is 2.43. The molecule has 0 saturated heterocycles. The Labute approximate surface area is 172 Å². The molecule has 3 N–H and O–H groups in total. The lowest BCUT2D eigenvalue weighted by atomic mass is 10.2. The van der Waals surface area contributed by atoms with E-state index in [2.05, 4.69) is 15.4 Å². The lowest BCUT2D eigenvalue weighted by Gasteiger charge is -2.10. The van der Waals surface area contributed by atoms with Crippen molar-refractivity contribution in [2.24, 2.45) is 0 Å². The van der Waals surface area contributed by atoms with Crippen LogP contribution in [0.1, 0.15) is 25.8 Å². The second-order valence-corrected chi connectivity index (χ2v) is 8.64. The lowest BCUT2D eigenvalue weighted by Crippen LogP contribution is -2.34. The van der Waals surface area contributed by atoms with Crippen LogP contribution in [0.5, 0.6) is 0 Å². The number of anilines is 1. The summed E-state index contributed by atoms with van der Waals surface area (Å²) in [6.45, 7) is 2.20. The number of nitrogens with one attached hydrogen (secondary N) is 3. The van der Waals surface area contributed by atoms with E-state index in [0.29, 0.717) is 5.69 Å². The van der Waals surface area contributed by atoms with Crippen LogP contribution in [0.2, 0.25) is 0 Å². The number of furan rings is 1. The van der Waals surface area contributed by atoms with Gasteiger partial charge in [0.15, 0.2) is 5.76 Å². The topological polar surface area (TPSA) is 118 Å². The van der Waals surface area contributed by atoms with Crippen LogP contribution in [-0.4, -0.2) is 33.3 Å². The van der Waals surface area contributed by atoms with Gasteiger partial charge in [0.25, 0.3) is 21.8 Å². The first-order chi connectivity index (χ1) is 13.9. The van der Waals surface area contributed by atoms with E-state index in [1.54, 1.807) is 30.3 Å². The third-order valence-corrected chi connectivity index (χ3v) is 6.34. The minimum atomic E-state index is -3.91.